The third kappa shape index (κ3) is 5.15. The number of carbonyl (C=O) groups excluding carboxylic acids is 1. The van der Waals surface area contributed by atoms with E-state index in [1.807, 2.05) is 66.9 Å². The molecule has 1 aromatic heterocycles. The number of aryl methyl sites for hydroxylation is 2. The maximum Gasteiger partial charge on any atom is 0.234 e. The average Bonchev–Trinajstić information content (AvgIpc) is 3.20. The van der Waals surface area contributed by atoms with Gasteiger partial charge in [-0.1, -0.05) is 82.5 Å². The number of hydrogen-bond acceptors (Lipinski definition) is 4. The summed E-state index contributed by atoms with van der Waals surface area (Å²) in [6.07, 6.45) is 0. The van der Waals surface area contributed by atoms with Gasteiger partial charge in [0.25, 0.3) is 0 Å². The number of halogens is 2. The van der Waals surface area contributed by atoms with Crippen LogP contribution in [0, 0.1) is 13.8 Å². The van der Waals surface area contributed by atoms with E-state index < -0.39 is 0 Å². The Hall–Kier alpha value is -2.80. The van der Waals surface area contributed by atoms with Crippen LogP contribution in [0.15, 0.2) is 71.9 Å². The first kappa shape index (κ1) is 22.4. The molecule has 0 bridgehead atoms. The average molecular weight is 483 g/mol. The molecule has 0 atom stereocenters. The van der Waals surface area contributed by atoms with Crippen LogP contribution < -0.4 is 5.32 Å². The van der Waals surface area contributed by atoms with Crippen LogP contribution in [0.5, 0.6) is 0 Å². The summed E-state index contributed by atoms with van der Waals surface area (Å²) in [5.74, 6) is 0.643. The van der Waals surface area contributed by atoms with Crippen molar-refractivity contribution in [1.82, 2.24) is 14.8 Å². The fourth-order valence-corrected chi connectivity index (χ4v) is 4.18. The Morgan fingerprint density at radius 1 is 0.938 bits per heavy atom. The SMILES string of the molecule is Cc1ccc(-c2nnc(SCC(=O)Nc3cc(Cl)ccc3Cl)n2-c2ccc(C)cc2)cc1. The van der Waals surface area contributed by atoms with E-state index >= 15 is 0 Å². The number of anilines is 1. The lowest BCUT2D eigenvalue weighted by Gasteiger charge is -2.11. The molecular formula is C24H20Cl2N4OS. The summed E-state index contributed by atoms with van der Waals surface area (Å²) >= 11 is 13.5. The molecule has 32 heavy (non-hydrogen) atoms. The zero-order valence-corrected chi connectivity index (χ0v) is 19.8. The summed E-state index contributed by atoms with van der Waals surface area (Å²) in [6, 6.07) is 21.2. The Kier molecular flexibility index (Phi) is 6.84. The van der Waals surface area contributed by atoms with Crippen LogP contribution in [0.25, 0.3) is 17.1 Å². The van der Waals surface area contributed by atoms with Crippen molar-refractivity contribution in [2.75, 3.05) is 11.1 Å². The highest BCUT2D eigenvalue weighted by molar-refractivity contribution is 7.99. The van der Waals surface area contributed by atoms with Crippen LogP contribution in [0.3, 0.4) is 0 Å². The van der Waals surface area contributed by atoms with Gasteiger partial charge in [-0.25, -0.2) is 0 Å². The molecule has 0 saturated heterocycles. The van der Waals surface area contributed by atoms with E-state index in [1.54, 1.807) is 18.2 Å². The highest BCUT2D eigenvalue weighted by atomic mass is 35.5. The molecule has 0 spiro atoms. The zero-order valence-electron chi connectivity index (χ0n) is 17.5. The van der Waals surface area contributed by atoms with Gasteiger partial charge < -0.3 is 5.32 Å². The molecule has 0 aliphatic heterocycles. The number of benzene rings is 3. The van der Waals surface area contributed by atoms with Crippen molar-refractivity contribution in [2.45, 2.75) is 19.0 Å². The number of nitrogens with zero attached hydrogens (tertiary/aromatic N) is 3. The standard InChI is InChI=1S/C24H20Cl2N4OS/c1-15-3-7-17(8-4-15)23-28-29-24(30(23)19-10-5-16(2)6-11-19)32-14-22(31)27-21-13-18(25)9-12-20(21)26/h3-13H,14H2,1-2H3,(H,27,31). The molecule has 1 heterocycles. The molecule has 0 unspecified atom stereocenters. The second-order valence-corrected chi connectivity index (χ2v) is 9.09. The molecular weight excluding hydrogens is 463 g/mol. The van der Waals surface area contributed by atoms with Crippen LogP contribution in [-0.4, -0.2) is 26.4 Å². The second-order valence-electron chi connectivity index (χ2n) is 7.30. The topological polar surface area (TPSA) is 59.8 Å². The van der Waals surface area contributed by atoms with Gasteiger partial charge in [0.1, 0.15) is 0 Å². The molecule has 0 fully saturated rings. The van der Waals surface area contributed by atoms with Gasteiger partial charge in [-0.15, -0.1) is 10.2 Å². The third-order valence-electron chi connectivity index (χ3n) is 4.77. The van der Waals surface area contributed by atoms with Gasteiger partial charge in [0.05, 0.1) is 16.5 Å². The number of nitrogens with one attached hydrogen (secondary N) is 1. The minimum absolute atomic E-state index is 0.140. The number of carbonyl (C=O) groups is 1. The lowest BCUT2D eigenvalue weighted by atomic mass is 10.1. The molecule has 0 aliphatic carbocycles. The normalized spacial score (nSPS) is 10.9. The van der Waals surface area contributed by atoms with E-state index in [0.29, 0.717) is 20.9 Å². The largest absolute Gasteiger partial charge is 0.324 e. The van der Waals surface area contributed by atoms with Gasteiger partial charge in [0.15, 0.2) is 11.0 Å². The predicted octanol–water partition coefficient (Wildman–Crippen LogP) is 6.59. The van der Waals surface area contributed by atoms with E-state index in [-0.39, 0.29) is 11.7 Å². The van der Waals surface area contributed by atoms with Gasteiger partial charge >= 0.3 is 0 Å². The van der Waals surface area contributed by atoms with E-state index in [1.165, 1.54) is 17.3 Å². The minimum Gasteiger partial charge on any atom is -0.324 e. The van der Waals surface area contributed by atoms with Gasteiger partial charge in [-0.2, -0.15) is 0 Å². The summed E-state index contributed by atoms with van der Waals surface area (Å²) in [4.78, 5) is 12.6. The van der Waals surface area contributed by atoms with Crippen molar-refractivity contribution >= 4 is 46.6 Å². The monoisotopic (exact) mass is 482 g/mol. The Balaban J connectivity index is 1.60. The smallest absolute Gasteiger partial charge is 0.234 e. The minimum atomic E-state index is -0.213. The Morgan fingerprint density at radius 3 is 2.28 bits per heavy atom. The molecule has 0 saturated carbocycles. The van der Waals surface area contributed by atoms with Crippen LogP contribution in [0.1, 0.15) is 11.1 Å². The molecule has 3 aromatic carbocycles. The number of aromatic nitrogens is 3. The van der Waals surface area contributed by atoms with E-state index in [2.05, 4.69) is 15.5 Å². The Labute approximate surface area is 200 Å². The maximum absolute atomic E-state index is 12.6. The van der Waals surface area contributed by atoms with Gasteiger partial charge in [-0.3, -0.25) is 9.36 Å². The summed E-state index contributed by atoms with van der Waals surface area (Å²) in [6.45, 7) is 4.08. The number of hydrogen-bond donors (Lipinski definition) is 1. The first-order valence-electron chi connectivity index (χ1n) is 9.88. The van der Waals surface area contributed by atoms with Crippen molar-refractivity contribution in [3.8, 4) is 17.1 Å². The molecule has 5 nitrogen and oxygen atoms in total. The summed E-state index contributed by atoms with van der Waals surface area (Å²) in [7, 11) is 0. The number of amides is 1. The summed E-state index contributed by atoms with van der Waals surface area (Å²) in [5, 5.41) is 13.1. The predicted molar refractivity (Wildman–Crippen MR) is 132 cm³/mol. The highest BCUT2D eigenvalue weighted by Crippen LogP contribution is 2.29. The highest BCUT2D eigenvalue weighted by Gasteiger charge is 2.18. The molecule has 4 rings (SSSR count). The fraction of sp³-hybridized carbons (Fsp3) is 0.125. The molecule has 162 valence electrons. The summed E-state index contributed by atoms with van der Waals surface area (Å²) < 4.78 is 1.97. The summed E-state index contributed by atoms with van der Waals surface area (Å²) in [5.41, 5.74) is 4.68. The fourth-order valence-electron chi connectivity index (χ4n) is 3.09. The van der Waals surface area contributed by atoms with Crippen molar-refractivity contribution in [1.29, 1.82) is 0 Å². The molecule has 4 aromatic rings. The van der Waals surface area contributed by atoms with Crippen molar-refractivity contribution in [3.05, 3.63) is 87.9 Å². The van der Waals surface area contributed by atoms with Crippen LogP contribution in [0.4, 0.5) is 5.69 Å². The Morgan fingerprint density at radius 2 is 1.59 bits per heavy atom. The van der Waals surface area contributed by atoms with E-state index in [0.717, 1.165) is 22.6 Å². The molecule has 0 radical (unpaired) electrons. The van der Waals surface area contributed by atoms with Crippen LogP contribution in [-0.2, 0) is 4.79 Å². The van der Waals surface area contributed by atoms with Gasteiger partial charge in [0, 0.05) is 16.3 Å². The molecule has 0 aliphatic rings. The maximum atomic E-state index is 12.6. The molecule has 1 amide bonds. The van der Waals surface area contributed by atoms with E-state index in [4.69, 9.17) is 23.2 Å². The number of rotatable bonds is 6. The number of thioether (sulfide) groups is 1. The van der Waals surface area contributed by atoms with Crippen molar-refractivity contribution < 1.29 is 4.79 Å². The first-order valence-corrected chi connectivity index (χ1v) is 11.6. The second kappa shape index (κ2) is 9.77. The molecule has 1 N–H and O–H groups in total. The zero-order chi connectivity index (χ0) is 22.7. The lowest BCUT2D eigenvalue weighted by Crippen LogP contribution is -2.15. The van der Waals surface area contributed by atoms with Crippen molar-refractivity contribution in [3.63, 3.8) is 0 Å². The molecule has 8 heteroatoms. The quantitative estimate of drug-likeness (QED) is 0.315. The van der Waals surface area contributed by atoms with Crippen LogP contribution >= 0.6 is 35.0 Å². The van der Waals surface area contributed by atoms with Gasteiger partial charge in [0.2, 0.25) is 5.91 Å². The first-order chi connectivity index (χ1) is 15.4. The third-order valence-corrected chi connectivity index (χ3v) is 6.26. The van der Waals surface area contributed by atoms with E-state index in [9.17, 15) is 4.79 Å². The lowest BCUT2D eigenvalue weighted by molar-refractivity contribution is -0.113. The van der Waals surface area contributed by atoms with Gasteiger partial charge in [-0.05, 0) is 44.2 Å². The Bertz CT molecular complexity index is 1250. The van der Waals surface area contributed by atoms with Crippen molar-refractivity contribution in [2.24, 2.45) is 0 Å². The van der Waals surface area contributed by atoms with Crippen LogP contribution in [0.2, 0.25) is 10.0 Å².